The number of carbonyl (C=O) groups is 2. The van der Waals surface area contributed by atoms with Gasteiger partial charge in [0.2, 0.25) is 0 Å². The molecular weight excluding hydrogens is 332 g/mol. The Bertz CT molecular complexity index is 729. The Kier molecular flexibility index (Phi) is 9.43. The zero-order valence-corrected chi connectivity index (χ0v) is 14.0. The fraction of sp³-hybridized carbons (Fsp3) is 0.0500. The van der Waals surface area contributed by atoms with E-state index in [9.17, 15) is 9.59 Å². The van der Waals surface area contributed by atoms with Crippen molar-refractivity contribution in [1.29, 1.82) is 0 Å². The van der Waals surface area contributed by atoms with Crippen molar-refractivity contribution in [2.75, 3.05) is 0 Å². The van der Waals surface area contributed by atoms with Crippen molar-refractivity contribution in [1.82, 2.24) is 4.98 Å². The highest BCUT2D eigenvalue weighted by atomic mass is 16.4. The summed E-state index contributed by atoms with van der Waals surface area (Å²) in [6.07, 6.45) is 1.74. The van der Waals surface area contributed by atoms with Gasteiger partial charge in [-0.25, -0.2) is 9.59 Å². The van der Waals surface area contributed by atoms with E-state index in [1.54, 1.807) is 66.9 Å². The van der Waals surface area contributed by atoms with Gasteiger partial charge < -0.3 is 15.9 Å². The highest BCUT2D eigenvalue weighted by Gasteiger charge is 1.97. The summed E-state index contributed by atoms with van der Waals surface area (Å²) >= 11 is 0. The van der Waals surface area contributed by atoms with Crippen molar-refractivity contribution < 1.29 is 19.8 Å². The van der Waals surface area contributed by atoms with E-state index in [0.29, 0.717) is 17.7 Å². The maximum absolute atomic E-state index is 10.2. The van der Waals surface area contributed by atoms with Gasteiger partial charge in [0.05, 0.1) is 16.8 Å². The van der Waals surface area contributed by atoms with Crippen LogP contribution in [0.5, 0.6) is 0 Å². The Morgan fingerprint density at radius 2 is 1.15 bits per heavy atom. The number of nitrogens with two attached hydrogens (primary N) is 1. The van der Waals surface area contributed by atoms with Gasteiger partial charge in [-0.15, -0.1) is 0 Å². The van der Waals surface area contributed by atoms with E-state index in [1.165, 1.54) is 0 Å². The first-order chi connectivity index (χ1) is 12.5. The summed E-state index contributed by atoms with van der Waals surface area (Å²) in [5, 5.41) is 16.8. The molecule has 0 aliphatic carbocycles. The first kappa shape index (κ1) is 20.5. The van der Waals surface area contributed by atoms with Gasteiger partial charge >= 0.3 is 11.9 Å². The predicted octanol–water partition coefficient (Wildman–Crippen LogP) is 3.31. The zero-order chi connectivity index (χ0) is 19.2. The molecular formula is C20H20N2O4. The van der Waals surface area contributed by atoms with Crippen LogP contribution in [-0.2, 0) is 6.54 Å². The highest BCUT2D eigenvalue weighted by molar-refractivity contribution is 5.87. The van der Waals surface area contributed by atoms with Crippen LogP contribution >= 0.6 is 0 Å². The Morgan fingerprint density at radius 3 is 1.38 bits per heavy atom. The first-order valence-electron chi connectivity index (χ1n) is 7.71. The molecule has 1 aromatic heterocycles. The molecule has 0 fully saturated rings. The van der Waals surface area contributed by atoms with Crippen molar-refractivity contribution in [2.24, 2.45) is 5.73 Å². The lowest BCUT2D eigenvalue weighted by atomic mass is 10.2. The van der Waals surface area contributed by atoms with Gasteiger partial charge in [-0.1, -0.05) is 42.5 Å². The lowest BCUT2D eigenvalue weighted by Crippen LogP contribution is -1.97. The number of aromatic nitrogens is 1. The van der Waals surface area contributed by atoms with E-state index >= 15 is 0 Å². The molecule has 6 nitrogen and oxygen atoms in total. The fourth-order valence-corrected chi connectivity index (χ4v) is 1.68. The molecule has 0 amide bonds. The monoisotopic (exact) mass is 352 g/mol. The van der Waals surface area contributed by atoms with Gasteiger partial charge in [0.1, 0.15) is 0 Å². The van der Waals surface area contributed by atoms with Crippen LogP contribution in [0, 0.1) is 0 Å². The minimum absolute atomic E-state index is 0.331. The summed E-state index contributed by atoms with van der Waals surface area (Å²) < 4.78 is 0. The number of carboxylic acids is 2. The molecule has 0 atom stereocenters. The molecule has 3 aromatic rings. The van der Waals surface area contributed by atoms with Gasteiger partial charge in [-0.05, 0) is 36.4 Å². The van der Waals surface area contributed by atoms with Crippen LogP contribution in [0.2, 0.25) is 0 Å². The summed E-state index contributed by atoms with van der Waals surface area (Å²) in [4.78, 5) is 24.4. The van der Waals surface area contributed by atoms with Crippen LogP contribution in [0.15, 0.2) is 85.1 Å². The van der Waals surface area contributed by atoms with Crippen LogP contribution in [0.4, 0.5) is 0 Å². The molecule has 0 aliphatic heterocycles. The fourth-order valence-electron chi connectivity index (χ4n) is 1.68. The van der Waals surface area contributed by atoms with E-state index < -0.39 is 11.9 Å². The third kappa shape index (κ3) is 8.37. The third-order valence-electron chi connectivity index (χ3n) is 2.98. The number of pyridine rings is 1. The van der Waals surface area contributed by atoms with Gasteiger partial charge in [0.25, 0.3) is 0 Å². The number of nitrogens with zero attached hydrogens (tertiary/aromatic N) is 1. The van der Waals surface area contributed by atoms with Gasteiger partial charge in [0, 0.05) is 12.7 Å². The van der Waals surface area contributed by atoms with Crippen LogP contribution in [0.1, 0.15) is 26.4 Å². The molecule has 0 spiro atoms. The molecule has 1 heterocycles. The molecule has 2 aromatic carbocycles. The maximum Gasteiger partial charge on any atom is 0.335 e. The molecule has 0 radical (unpaired) electrons. The average molecular weight is 352 g/mol. The number of rotatable bonds is 3. The quantitative estimate of drug-likeness (QED) is 0.666. The first-order valence-corrected chi connectivity index (χ1v) is 7.71. The third-order valence-corrected chi connectivity index (χ3v) is 2.98. The Balaban J connectivity index is 0.000000195. The summed E-state index contributed by atoms with van der Waals surface area (Å²) in [7, 11) is 0. The smallest absolute Gasteiger partial charge is 0.335 e. The van der Waals surface area contributed by atoms with Crippen LogP contribution < -0.4 is 5.73 Å². The molecule has 6 heteroatoms. The second kappa shape index (κ2) is 11.9. The zero-order valence-electron chi connectivity index (χ0n) is 14.0. The van der Waals surface area contributed by atoms with Crippen molar-refractivity contribution in [2.45, 2.75) is 6.54 Å². The largest absolute Gasteiger partial charge is 0.478 e. The standard InChI is InChI=1S/2C7H6O2.C6H8N2/c2*8-7(9)6-4-2-1-3-5-6;7-5-6-3-1-2-4-8-6/h2*1-5H,(H,8,9);1-4H,5,7H2. The maximum atomic E-state index is 10.2. The van der Waals surface area contributed by atoms with Crippen molar-refractivity contribution >= 4 is 11.9 Å². The van der Waals surface area contributed by atoms with Crippen molar-refractivity contribution in [3.63, 3.8) is 0 Å². The van der Waals surface area contributed by atoms with Crippen molar-refractivity contribution in [3.05, 3.63) is 102 Å². The summed E-state index contributed by atoms with van der Waals surface area (Å²) in [5.41, 5.74) is 6.89. The number of carboxylic acid groups (broad SMARTS) is 2. The van der Waals surface area contributed by atoms with E-state index in [0.717, 1.165) is 5.69 Å². The van der Waals surface area contributed by atoms with Crippen LogP contribution in [-0.4, -0.2) is 27.1 Å². The van der Waals surface area contributed by atoms with E-state index in [-0.39, 0.29) is 0 Å². The SMILES string of the molecule is NCc1ccccn1.O=C(O)c1ccccc1.O=C(O)c1ccccc1. The molecule has 0 unspecified atom stereocenters. The topological polar surface area (TPSA) is 114 Å². The number of aromatic carboxylic acids is 2. The van der Waals surface area contributed by atoms with Gasteiger partial charge in [0.15, 0.2) is 0 Å². The molecule has 26 heavy (non-hydrogen) atoms. The number of hydrogen-bond donors (Lipinski definition) is 3. The highest BCUT2D eigenvalue weighted by Crippen LogP contribution is 1.96. The number of hydrogen-bond acceptors (Lipinski definition) is 4. The van der Waals surface area contributed by atoms with Crippen LogP contribution in [0.3, 0.4) is 0 Å². The van der Waals surface area contributed by atoms with E-state index in [4.69, 9.17) is 15.9 Å². The average Bonchev–Trinajstić information content (AvgIpc) is 2.71. The van der Waals surface area contributed by atoms with E-state index in [1.807, 2.05) is 18.2 Å². The second-order valence-corrected chi connectivity index (χ2v) is 4.87. The van der Waals surface area contributed by atoms with Crippen molar-refractivity contribution in [3.8, 4) is 0 Å². The Labute approximate surface area is 151 Å². The minimum Gasteiger partial charge on any atom is -0.478 e. The normalized spacial score (nSPS) is 8.96. The summed E-state index contributed by atoms with van der Waals surface area (Å²) in [5.74, 6) is -1.76. The summed E-state index contributed by atoms with van der Waals surface area (Å²) in [6, 6.07) is 22.3. The second-order valence-electron chi connectivity index (χ2n) is 4.87. The summed E-state index contributed by atoms with van der Waals surface area (Å²) in [6.45, 7) is 0.529. The van der Waals surface area contributed by atoms with Crippen LogP contribution in [0.25, 0.3) is 0 Å². The predicted molar refractivity (Wildman–Crippen MR) is 98.9 cm³/mol. The lowest BCUT2D eigenvalue weighted by Gasteiger charge is -1.89. The molecule has 3 rings (SSSR count). The minimum atomic E-state index is -0.879. The molecule has 0 bridgehead atoms. The molecule has 0 saturated carbocycles. The lowest BCUT2D eigenvalue weighted by molar-refractivity contribution is 0.0686. The van der Waals surface area contributed by atoms with E-state index in [2.05, 4.69) is 4.98 Å². The number of benzene rings is 2. The Hall–Kier alpha value is -3.51. The molecule has 134 valence electrons. The van der Waals surface area contributed by atoms with Gasteiger partial charge in [-0.2, -0.15) is 0 Å². The Morgan fingerprint density at radius 1 is 0.731 bits per heavy atom. The molecule has 0 aliphatic rings. The molecule has 4 N–H and O–H groups in total. The van der Waals surface area contributed by atoms with Gasteiger partial charge in [-0.3, -0.25) is 4.98 Å². The molecule has 0 saturated heterocycles.